The number of ether oxygens (including phenoxy) is 3. The summed E-state index contributed by atoms with van der Waals surface area (Å²) in [6, 6.07) is 22.4. The van der Waals surface area contributed by atoms with E-state index < -0.39 is 5.97 Å². The van der Waals surface area contributed by atoms with E-state index in [4.69, 9.17) is 36.5 Å². The number of nitrogens with two attached hydrogens (primary N) is 3. The van der Waals surface area contributed by atoms with Gasteiger partial charge in [-0.3, -0.25) is 14.7 Å². The molecule has 0 saturated carbocycles. The molecule has 3 atom stereocenters. The van der Waals surface area contributed by atoms with Gasteiger partial charge in [0.15, 0.2) is 0 Å². The first-order chi connectivity index (χ1) is 35.1. The van der Waals surface area contributed by atoms with Gasteiger partial charge in [-0.05, 0) is 114 Å². The second kappa shape index (κ2) is 22.0. The Labute approximate surface area is 428 Å². The van der Waals surface area contributed by atoms with Gasteiger partial charge < -0.3 is 51.5 Å². The van der Waals surface area contributed by atoms with E-state index in [1.54, 1.807) is 33.5 Å². The normalized spacial score (nSPS) is 16.6. The van der Waals surface area contributed by atoms with Gasteiger partial charge in [0, 0.05) is 113 Å². The lowest BCUT2D eigenvalue weighted by atomic mass is 9.94. The summed E-state index contributed by atoms with van der Waals surface area (Å²) in [5.74, 6) is 0.277. The number of aromatic nitrogens is 9. The summed E-state index contributed by atoms with van der Waals surface area (Å²) in [6.45, 7) is 5.86. The molecule has 3 aromatic carbocycles. The molecule has 0 aliphatic heterocycles. The number of rotatable bonds is 6. The van der Waals surface area contributed by atoms with Crippen LogP contribution in [0.3, 0.4) is 0 Å². The van der Waals surface area contributed by atoms with Crippen LogP contribution < -0.4 is 17.2 Å². The van der Waals surface area contributed by atoms with Crippen molar-refractivity contribution in [3.8, 4) is 0 Å². The highest BCUT2D eigenvalue weighted by atomic mass is 16.5. The van der Waals surface area contributed by atoms with Crippen molar-refractivity contribution in [3.63, 3.8) is 0 Å². The van der Waals surface area contributed by atoms with Crippen molar-refractivity contribution >= 4 is 67.9 Å². The maximum absolute atomic E-state index is 13.1. The molecule has 3 aliphatic rings. The molecule has 3 unspecified atom stereocenters. The summed E-state index contributed by atoms with van der Waals surface area (Å²) in [6.07, 6.45) is 8.27. The van der Waals surface area contributed by atoms with Gasteiger partial charge in [0.1, 0.15) is 17.5 Å². The van der Waals surface area contributed by atoms with Crippen LogP contribution in [0.1, 0.15) is 109 Å². The number of anilines is 3. The summed E-state index contributed by atoms with van der Waals surface area (Å²) in [5, 5.41) is 27.2. The summed E-state index contributed by atoms with van der Waals surface area (Å²) < 4.78 is 19.0. The molecule has 19 nitrogen and oxygen atoms in total. The number of H-pyrrole nitrogens is 4. The molecule has 12 rings (SSSR count). The number of aromatic amines is 4. The summed E-state index contributed by atoms with van der Waals surface area (Å²) in [7, 11) is 5.15. The van der Waals surface area contributed by atoms with E-state index in [1.165, 1.54) is 15.1 Å². The Bertz CT molecular complexity index is 3490. The first-order valence-electron chi connectivity index (χ1n) is 24.4. The fourth-order valence-corrected chi connectivity index (χ4v) is 10.3. The molecule has 74 heavy (non-hydrogen) atoms. The average molecular weight is 1010 g/mol. The molecular weight excluding hydrogens is 941 g/mol. The highest BCUT2D eigenvalue weighted by Crippen LogP contribution is 2.32. The maximum Gasteiger partial charge on any atom is 0.336 e. The van der Waals surface area contributed by atoms with Crippen LogP contribution in [0.25, 0.3) is 32.7 Å². The first-order valence-corrected chi connectivity index (χ1v) is 24.4. The van der Waals surface area contributed by atoms with E-state index in [2.05, 4.69) is 35.3 Å². The Hall–Kier alpha value is -8.00. The Kier molecular flexibility index (Phi) is 15.6. The number of aromatic carboxylic acids is 1. The number of carboxylic acids is 1. The molecule has 0 saturated heterocycles. The molecule has 0 amide bonds. The fourth-order valence-electron chi connectivity index (χ4n) is 10.3. The Balaban J connectivity index is 0.000000137. The van der Waals surface area contributed by atoms with Gasteiger partial charge in [0.05, 0.1) is 46.4 Å². The Morgan fingerprint density at radius 3 is 1.58 bits per heavy atom. The first kappa shape index (κ1) is 52.3. The minimum absolute atomic E-state index is 0. The number of nitrogens with one attached hydrogen (secondary N) is 4. The predicted molar refractivity (Wildman–Crippen MR) is 287 cm³/mol. The van der Waals surface area contributed by atoms with Crippen molar-refractivity contribution in [2.75, 3.05) is 38.5 Å². The van der Waals surface area contributed by atoms with E-state index in [-0.39, 0.29) is 31.4 Å². The number of fused-ring (bicyclic) bond motifs is 6. The summed E-state index contributed by atoms with van der Waals surface area (Å²) in [5.41, 5.74) is 31.4. The topological polar surface area (TPSA) is 289 Å². The molecule has 388 valence electrons. The van der Waals surface area contributed by atoms with Gasteiger partial charge in [-0.1, -0.05) is 25.6 Å². The lowest BCUT2D eigenvalue weighted by molar-refractivity contribution is 0.0698. The van der Waals surface area contributed by atoms with Gasteiger partial charge in [0.25, 0.3) is 11.8 Å². The number of aryl methyl sites for hydroxylation is 5. The van der Waals surface area contributed by atoms with Crippen LogP contribution in [-0.4, -0.2) is 107 Å². The largest absolute Gasteiger partial charge is 0.478 e. The van der Waals surface area contributed by atoms with Crippen molar-refractivity contribution in [3.05, 3.63) is 140 Å². The fraction of sp³-hybridized carbons (Fsp3) is 0.345. The third-order valence-corrected chi connectivity index (χ3v) is 14.1. The molecule has 3 aliphatic carbocycles. The van der Waals surface area contributed by atoms with E-state index in [0.29, 0.717) is 53.1 Å². The number of hydrogen-bond acceptors (Lipinski definition) is 12. The van der Waals surface area contributed by atoms with Crippen molar-refractivity contribution in [2.24, 2.45) is 0 Å². The number of carbonyl (C=O) groups excluding carboxylic acids is 2. The number of benzene rings is 3. The zero-order valence-electron chi connectivity index (χ0n) is 41.9. The molecule has 6 heterocycles. The average Bonchev–Trinajstić information content (AvgIpc) is 4.27. The number of methoxy groups -OCH3 is 3. The van der Waals surface area contributed by atoms with Crippen LogP contribution in [0.15, 0.2) is 72.8 Å². The van der Waals surface area contributed by atoms with Crippen LogP contribution in [0, 0.1) is 20.8 Å². The van der Waals surface area contributed by atoms with E-state index in [9.17, 15) is 14.4 Å². The third-order valence-electron chi connectivity index (χ3n) is 14.1. The van der Waals surface area contributed by atoms with Crippen molar-refractivity contribution in [1.29, 1.82) is 0 Å². The third kappa shape index (κ3) is 10.4. The summed E-state index contributed by atoms with van der Waals surface area (Å²) in [4.78, 5) is 46.6. The van der Waals surface area contributed by atoms with Crippen LogP contribution in [-0.2, 0) is 52.7 Å². The molecule has 6 aromatic heterocycles. The molecular formula is C55H66N12O7. The van der Waals surface area contributed by atoms with Crippen molar-refractivity contribution in [1.82, 2.24) is 44.7 Å². The van der Waals surface area contributed by atoms with E-state index in [0.717, 1.165) is 123 Å². The molecule has 19 heteroatoms. The number of nitrogens with zero attached hydrogens (tertiary/aromatic N) is 5. The lowest BCUT2D eigenvalue weighted by Crippen LogP contribution is -2.24. The van der Waals surface area contributed by atoms with Gasteiger partial charge in [0.2, 0.25) is 0 Å². The molecule has 11 N–H and O–H groups in total. The monoisotopic (exact) mass is 1010 g/mol. The molecule has 0 spiro atoms. The van der Waals surface area contributed by atoms with Crippen molar-refractivity contribution < 1.29 is 33.7 Å². The summed E-state index contributed by atoms with van der Waals surface area (Å²) >= 11 is 0. The smallest absolute Gasteiger partial charge is 0.336 e. The van der Waals surface area contributed by atoms with Crippen LogP contribution in [0.4, 0.5) is 17.5 Å². The second-order valence-electron chi connectivity index (χ2n) is 18.9. The zero-order chi connectivity index (χ0) is 51.7. The number of carbonyl (C=O) groups is 3. The Morgan fingerprint density at radius 1 is 0.595 bits per heavy atom. The second-order valence-corrected chi connectivity index (χ2v) is 18.9. The SMILES string of the molecule is C.COC1CCc2[nH]nc(N)c2C1.COC1CCc2c(c(N)nn2C(=O)c2cccc3[nH]c(C)cc23)C1.COC1CCc2nn(C(=O)c3cccc4[nH]c(C)cc34)c(N)c2C1.Cc1cc2c(C(=O)O)cccc2[nH]1. The van der Waals surface area contributed by atoms with E-state index in [1.807, 2.05) is 81.4 Å². The quantitative estimate of drug-likeness (QED) is 0.0780. The van der Waals surface area contributed by atoms with Crippen LogP contribution in [0.5, 0.6) is 0 Å². The molecule has 9 aromatic rings. The molecule has 0 bridgehead atoms. The van der Waals surface area contributed by atoms with Gasteiger partial charge in [-0.25, -0.2) is 4.79 Å². The molecule has 0 fully saturated rings. The van der Waals surface area contributed by atoms with Gasteiger partial charge in [-0.15, -0.1) is 5.10 Å². The minimum Gasteiger partial charge on any atom is -0.478 e. The Morgan fingerprint density at radius 2 is 1.05 bits per heavy atom. The number of carboxylic acid groups (broad SMARTS) is 1. The van der Waals surface area contributed by atoms with Crippen LogP contribution >= 0.6 is 0 Å². The van der Waals surface area contributed by atoms with Crippen LogP contribution in [0.2, 0.25) is 0 Å². The van der Waals surface area contributed by atoms with E-state index >= 15 is 0 Å². The molecule has 0 radical (unpaired) electrons. The van der Waals surface area contributed by atoms with Gasteiger partial charge in [-0.2, -0.15) is 19.6 Å². The minimum atomic E-state index is -0.885. The lowest BCUT2D eigenvalue weighted by Gasteiger charge is -2.21. The standard InChI is InChI=1S/2C18H20N4O2.C10H9NO2.C8H13N3O.CH4/c1-10-8-13-12(4-3-5-15(13)20-10)18(23)22-16-7-6-11(24-2)9-14(16)17(19)21-22;1-10-8-13-12(4-3-5-15(13)20-10)18(23)22-17(19)14-9-11(24-2)6-7-16(14)21-22;1-6-5-8-7(10(12)13)3-2-4-9(8)11-6;1-12-5-2-3-7-6(4-5)8(9)11-10-7;/h3-5,8,11,20H,6-7,9H2,1-2H3,(H2,19,21);3-5,8,11,20H,6-7,9,19H2,1-2H3;2-5,11H,1H3,(H,12,13);5H,2-4H2,1H3,(H3,9,10,11);1H4. The zero-order valence-corrected chi connectivity index (χ0v) is 41.9. The number of hydrogen-bond donors (Lipinski definition) is 8. The van der Waals surface area contributed by atoms with Gasteiger partial charge >= 0.3 is 5.97 Å². The number of nitrogen functional groups attached to an aromatic ring is 3. The highest BCUT2D eigenvalue weighted by molar-refractivity contribution is 6.09. The maximum atomic E-state index is 13.1. The highest BCUT2D eigenvalue weighted by Gasteiger charge is 2.30. The predicted octanol–water partition coefficient (Wildman–Crippen LogP) is 8.20. The van der Waals surface area contributed by atoms with Crippen molar-refractivity contribution in [2.45, 2.75) is 104 Å².